The zero-order chi connectivity index (χ0) is 20.3. The van der Waals surface area contributed by atoms with Crippen LogP contribution in [0.3, 0.4) is 0 Å². The van der Waals surface area contributed by atoms with E-state index in [4.69, 9.17) is 4.99 Å². The summed E-state index contributed by atoms with van der Waals surface area (Å²) in [5, 5.41) is 16.8. The topological polar surface area (TPSA) is 70.4 Å². The zero-order valence-electron chi connectivity index (χ0n) is 17.8. The number of aromatic nitrogens is 3. The molecule has 1 unspecified atom stereocenters. The molecule has 3 heterocycles. The molecular formula is C21H35N7S. The van der Waals surface area contributed by atoms with Crippen LogP contribution in [0.4, 0.5) is 0 Å². The van der Waals surface area contributed by atoms with Gasteiger partial charge in [0, 0.05) is 24.5 Å². The summed E-state index contributed by atoms with van der Waals surface area (Å²) in [6.45, 7) is 10.4. The molecule has 8 heteroatoms. The number of nitrogens with one attached hydrogen (secondary N) is 2. The van der Waals surface area contributed by atoms with E-state index in [-0.39, 0.29) is 0 Å². The number of hydrogen-bond donors (Lipinski definition) is 2. The Labute approximate surface area is 178 Å². The fourth-order valence-corrected chi connectivity index (χ4v) is 4.54. The molecule has 0 saturated carbocycles. The van der Waals surface area contributed by atoms with E-state index in [1.54, 1.807) is 12.7 Å². The SMILES string of the molecule is CCNC(=NCC(c1cccs1)N1CCC(C)CC1)NCCCCn1cnnc1. The summed E-state index contributed by atoms with van der Waals surface area (Å²) in [6.07, 6.45) is 8.29. The number of thiophene rings is 1. The summed E-state index contributed by atoms with van der Waals surface area (Å²) in [5.74, 6) is 1.76. The highest BCUT2D eigenvalue weighted by Crippen LogP contribution is 2.29. The lowest BCUT2D eigenvalue weighted by Crippen LogP contribution is -2.40. The second-order valence-electron chi connectivity index (χ2n) is 7.80. The first-order valence-electron chi connectivity index (χ1n) is 10.9. The summed E-state index contributed by atoms with van der Waals surface area (Å²) in [7, 11) is 0. The molecule has 1 saturated heterocycles. The van der Waals surface area contributed by atoms with Gasteiger partial charge in [-0.15, -0.1) is 21.5 Å². The molecule has 1 aliphatic heterocycles. The monoisotopic (exact) mass is 417 g/mol. The van der Waals surface area contributed by atoms with Crippen LogP contribution in [0.1, 0.15) is 50.4 Å². The van der Waals surface area contributed by atoms with Crippen molar-refractivity contribution in [3.8, 4) is 0 Å². The van der Waals surface area contributed by atoms with Gasteiger partial charge in [-0.05, 0) is 63.1 Å². The van der Waals surface area contributed by atoms with Crippen molar-refractivity contribution in [2.45, 2.75) is 52.1 Å². The highest BCUT2D eigenvalue weighted by molar-refractivity contribution is 7.10. The minimum atomic E-state index is 0.381. The maximum atomic E-state index is 4.95. The average Bonchev–Trinajstić information content (AvgIpc) is 3.43. The van der Waals surface area contributed by atoms with E-state index in [1.807, 2.05) is 15.9 Å². The number of likely N-dealkylation sites (tertiary alicyclic amines) is 1. The molecule has 3 rings (SSSR count). The lowest BCUT2D eigenvalue weighted by molar-refractivity contribution is 0.143. The van der Waals surface area contributed by atoms with Crippen LogP contribution in [0.25, 0.3) is 0 Å². The largest absolute Gasteiger partial charge is 0.357 e. The van der Waals surface area contributed by atoms with Gasteiger partial charge in [-0.25, -0.2) is 0 Å². The Hall–Kier alpha value is -1.93. The number of hydrogen-bond acceptors (Lipinski definition) is 5. The normalized spacial score (nSPS) is 17.4. The summed E-state index contributed by atoms with van der Waals surface area (Å²) in [5.41, 5.74) is 0. The zero-order valence-corrected chi connectivity index (χ0v) is 18.6. The van der Waals surface area contributed by atoms with Gasteiger partial charge in [0.15, 0.2) is 5.96 Å². The number of aliphatic imine (C=N–C) groups is 1. The van der Waals surface area contributed by atoms with Crippen molar-refractivity contribution in [3.63, 3.8) is 0 Å². The van der Waals surface area contributed by atoms with Gasteiger partial charge in [-0.3, -0.25) is 9.89 Å². The van der Waals surface area contributed by atoms with Gasteiger partial charge >= 0.3 is 0 Å². The molecule has 1 aliphatic rings. The van der Waals surface area contributed by atoms with E-state index in [9.17, 15) is 0 Å². The second kappa shape index (κ2) is 11.9. The Morgan fingerprint density at radius 1 is 1.24 bits per heavy atom. The Morgan fingerprint density at radius 3 is 2.72 bits per heavy atom. The van der Waals surface area contributed by atoms with Crippen LogP contribution >= 0.6 is 11.3 Å². The lowest BCUT2D eigenvalue weighted by atomic mass is 9.97. The third kappa shape index (κ3) is 7.12. The Balaban J connectivity index is 1.51. The van der Waals surface area contributed by atoms with Gasteiger partial charge in [-0.1, -0.05) is 13.0 Å². The molecule has 0 spiro atoms. The quantitative estimate of drug-likeness (QED) is 0.353. The number of aryl methyl sites for hydroxylation is 1. The van der Waals surface area contributed by atoms with Crippen molar-refractivity contribution >= 4 is 17.3 Å². The summed E-state index contributed by atoms with van der Waals surface area (Å²) >= 11 is 1.85. The third-order valence-electron chi connectivity index (χ3n) is 5.50. The van der Waals surface area contributed by atoms with Crippen LogP contribution in [0.2, 0.25) is 0 Å². The number of unbranched alkanes of at least 4 members (excludes halogenated alkanes) is 1. The first-order chi connectivity index (χ1) is 14.3. The van der Waals surface area contributed by atoms with Crippen LogP contribution in [0.5, 0.6) is 0 Å². The van der Waals surface area contributed by atoms with E-state index in [2.05, 4.69) is 57.1 Å². The van der Waals surface area contributed by atoms with Crippen LogP contribution in [0, 0.1) is 5.92 Å². The van der Waals surface area contributed by atoms with E-state index in [1.165, 1.54) is 30.8 Å². The molecule has 2 N–H and O–H groups in total. The summed E-state index contributed by atoms with van der Waals surface area (Å²) in [4.78, 5) is 8.99. The Morgan fingerprint density at radius 2 is 2.03 bits per heavy atom. The molecule has 1 atom stereocenters. The molecule has 29 heavy (non-hydrogen) atoms. The maximum absolute atomic E-state index is 4.95. The smallest absolute Gasteiger partial charge is 0.191 e. The second-order valence-corrected chi connectivity index (χ2v) is 8.78. The minimum Gasteiger partial charge on any atom is -0.357 e. The first kappa shape index (κ1) is 21.8. The van der Waals surface area contributed by atoms with Gasteiger partial charge in [0.2, 0.25) is 0 Å². The van der Waals surface area contributed by atoms with Crippen molar-refractivity contribution in [2.24, 2.45) is 10.9 Å². The van der Waals surface area contributed by atoms with Crippen LogP contribution < -0.4 is 10.6 Å². The lowest BCUT2D eigenvalue weighted by Gasteiger charge is -2.35. The Kier molecular flexibility index (Phi) is 8.95. The highest BCUT2D eigenvalue weighted by atomic mass is 32.1. The van der Waals surface area contributed by atoms with E-state index in [0.29, 0.717) is 6.04 Å². The predicted molar refractivity (Wildman–Crippen MR) is 120 cm³/mol. The van der Waals surface area contributed by atoms with Crippen LogP contribution in [0.15, 0.2) is 35.2 Å². The molecule has 0 radical (unpaired) electrons. The molecule has 0 aliphatic carbocycles. The molecule has 0 bridgehead atoms. The van der Waals surface area contributed by atoms with Crippen molar-refractivity contribution in [1.29, 1.82) is 0 Å². The van der Waals surface area contributed by atoms with E-state index >= 15 is 0 Å². The van der Waals surface area contributed by atoms with Crippen LogP contribution in [-0.4, -0.2) is 58.3 Å². The fraction of sp³-hybridized carbons (Fsp3) is 0.667. The van der Waals surface area contributed by atoms with Gasteiger partial charge in [-0.2, -0.15) is 0 Å². The maximum Gasteiger partial charge on any atom is 0.191 e. The number of rotatable bonds is 10. The predicted octanol–water partition coefficient (Wildman–Crippen LogP) is 3.15. The number of piperidine rings is 1. The van der Waals surface area contributed by atoms with Crippen LogP contribution in [-0.2, 0) is 6.54 Å². The van der Waals surface area contributed by atoms with E-state index < -0.39 is 0 Å². The molecule has 2 aromatic rings. The van der Waals surface area contributed by atoms with Gasteiger partial charge in [0.05, 0.1) is 12.6 Å². The third-order valence-corrected chi connectivity index (χ3v) is 6.47. The standard InChI is InChI=1S/C21H35N7S/c1-3-22-21(23-10-4-5-11-27-16-25-26-17-27)24-15-19(20-7-6-14-29-20)28-12-8-18(2)9-13-28/h6-7,14,16-19H,3-5,8-13,15H2,1-2H3,(H2,22,23,24). The van der Waals surface area contributed by atoms with Crippen molar-refractivity contribution in [1.82, 2.24) is 30.3 Å². The first-order valence-corrected chi connectivity index (χ1v) is 11.8. The highest BCUT2D eigenvalue weighted by Gasteiger charge is 2.25. The number of nitrogens with zero attached hydrogens (tertiary/aromatic N) is 5. The summed E-state index contributed by atoms with van der Waals surface area (Å²) < 4.78 is 2.02. The molecule has 0 amide bonds. The minimum absolute atomic E-state index is 0.381. The van der Waals surface area contributed by atoms with Gasteiger partial charge < -0.3 is 15.2 Å². The molecule has 160 valence electrons. The fourth-order valence-electron chi connectivity index (χ4n) is 3.69. The molecule has 1 fully saturated rings. The molecular weight excluding hydrogens is 382 g/mol. The molecule has 2 aromatic heterocycles. The van der Waals surface area contributed by atoms with Crippen molar-refractivity contribution in [3.05, 3.63) is 35.0 Å². The molecule has 7 nitrogen and oxygen atoms in total. The van der Waals surface area contributed by atoms with E-state index in [0.717, 1.165) is 50.9 Å². The average molecular weight is 418 g/mol. The molecule has 0 aromatic carbocycles. The van der Waals surface area contributed by atoms with Gasteiger partial charge in [0.1, 0.15) is 12.7 Å². The number of guanidine groups is 1. The van der Waals surface area contributed by atoms with Crippen molar-refractivity contribution < 1.29 is 0 Å². The Bertz CT molecular complexity index is 691. The van der Waals surface area contributed by atoms with Crippen molar-refractivity contribution in [2.75, 3.05) is 32.7 Å². The van der Waals surface area contributed by atoms with Gasteiger partial charge in [0.25, 0.3) is 0 Å². The summed E-state index contributed by atoms with van der Waals surface area (Å²) in [6, 6.07) is 4.79.